The van der Waals surface area contributed by atoms with Crippen LogP contribution in [0.1, 0.15) is 48.4 Å². The van der Waals surface area contributed by atoms with Gasteiger partial charge in [-0.25, -0.2) is 4.98 Å². The molecule has 1 atom stereocenters. The van der Waals surface area contributed by atoms with Gasteiger partial charge in [-0.3, -0.25) is 9.59 Å². The summed E-state index contributed by atoms with van der Waals surface area (Å²) in [6.45, 7) is 8.33. The average molecular weight is 521 g/mol. The topological polar surface area (TPSA) is 103 Å². The van der Waals surface area contributed by atoms with Gasteiger partial charge < -0.3 is 29.1 Å². The molecular weight excluding hydrogens is 484 g/mol. The fourth-order valence-corrected chi connectivity index (χ4v) is 5.28. The minimum atomic E-state index is -0.340. The second-order valence-corrected chi connectivity index (χ2v) is 9.48. The minimum Gasteiger partial charge on any atom is -0.497 e. The lowest BCUT2D eigenvalue weighted by Gasteiger charge is -2.22. The van der Waals surface area contributed by atoms with E-state index in [1.54, 1.807) is 23.7 Å². The van der Waals surface area contributed by atoms with Gasteiger partial charge in [0.05, 0.1) is 37.2 Å². The van der Waals surface area contributed by atoms with E-state index in [2.05, 4.69) is 12.2 Å². The number of hydrogen-bond acceptors (Lipinski definition) is 7. The molecule has 9 nitrogen and oxygen atoms in total. The third-order valence-electron chi connectivity index (χ3n) is 7.35. The number of pyridine rings is 2. The molecule has 4 heterocycles. The zero-order chi connectivity index (χ0) is 27.2. The van der Waals surface area contributed by atoms with Crippen molar-refractivity contribution in [1.29, 1.82) is 0 Å². The number of fused-ring (bicyclic) bond motifs is 4. The first kappa shape index (κ1) is 27.5. The van der Waals surface area contributed by atoms with Gasteiger partial charge in [-0.2, -0.15) is 0 Å². The van der Waals surface area contributed by atoms with E-state index in [0.29, 0.717) is 18.5 Å². The van der Waals surface area contributed by atoms with Gasteiger partial charge in [0.25, 0.3) is 5.56 Å². The third-order valence-corrected chi connectivity index (χ3v) is 7.35. The summed E-state index contributed by atoms with van der Waals surface area (Å²) in [7, 11) is 3.22. The van der Waals surface area contributed by atoms with Crippen molar-refractivity contribution in [1.82, 2.24) is 19.8 Å². The Kier molecular flexibility index (Phi) is 8.91. The van der Waals surface area contributed by atoms with E-state index in [0.717, 1.165) is 84.5 Å². The Hall–Kier alpha value is -3.56. The van der Waals surface area contributed by atoms with Crippen molar-refractivity contribution in [2.75, 3.05) is 40.4 Å². The number of piperazine rings is 1. The van der Waals surface area contributed by atoms with Crippen LogP contribution in [0.25, 0.3) is 22.3 Å². The molecule has 0 aliphatic carbocycles. The summed E-state index contributed by atoms with van der Waals surface area (Å²) in [5.41, 5.74) is 5.91. The van der Waals surface area contributed by atoms with Crippen LogP contribution >= 0.6 is 0 Å². The molecule has 5 rings (SSSR count). The zero-order valence-electron chi connectivity index (χ0n) is 22.6. The van der Waals surface area contributed by atoms with E-state index < -0.39 is 0 Å². The Bertz CT molecular complexity index is 1380. The molecule has 0 bridgehead atoms. The third kappa shape index (κ3) is 5.21. The standard InChI is InChI=1S/C24H26N2O4.C5H10N2O/c1-5-14(12-27)17-10-22-23-19(11-26(22)24(28)20(17)13-29-3)16(6-2)18-9-15(30-4)7-8-21(18)25-23;8-5-7-3-1-6-2-4-7/h7-10,12,14H,5-6,11,13H2,1-4H3;5-6H,1-4H2. The number of nitrogens with one attached hydrogen (secondary N) is 1. The van der Waals surface area contributed by atoms with Gasteiger partial charge in [0, 0.05) is 55.7 Å². The predicted molar refractivity (Wildman–Crippen MR) is 147 cm³/mol. The molecule has 1 saturated heterocycles. The molecule has 2 aromatic heterocycles. The maximum Gasteiger partial charge on any atom is 0.257 e. The van der Waals surface area contributed by atoms with Gasteiger partial charge in [-0.1, -0.05) is 13.8 Å². The Morgan fingerprint density at radius 3 is 2.45 bits per heavy atom. The van der Waals surface area contributed by atoms with E-state index >= 15 is 0 Å². The Labute approximate surface area is 222 Å². The van der Waals surface area contributed by atoms with E-state index in [4.69, 9.17) is 14.5 Å². The largest absolute Gasteiger partial charge is 0.497 e. The second-order valence-electron chi connectivity index (χ2n) is 9.48. The molecular formula is C29H36N4O5. The summed E-state index contributed by atoms with van der Waals surface area (Å²) in [6, 6.07) is 7.82. The number of carbonyl (C=O) groups is 2. The van der Waals surface area contributed by atoms with Crippen LogP contribution in [-0.2, 0) is 33.9 Å². The van der Waals surface area contributed by atoms with Crippen molar-refractivity contribution in [3.8, 4) is 17.1 Å². The Balaban J connectivity index is 0.000000360. The van der Waals surface area contributed by atoms with E-state index in [-0.39, 0.29) is 18.1 Å². The molecule has 1 fully saturated rings. The maximum atomic E-state index is 13.4. The first-order valence-electron chi connectivity index (χ1n) is 13.1. The molecule has 2 aliphatic heterocycles. The van der Waals surface area contributed by atoms with Gasteiger partial charge >= 0.3 is 0 Å². The zero-order valence-corrected chi connectivity index (χ0v) is 22.6. The summed E-state index contributed by atoms with van der Waals surface area (Å²) in [6.07, 6.45) is 3.27. The molecule has 1 unspecified atom stereocenters. The number of nitrogens with zero attached hydrogens (tertiary/aromatic N) is 3. The number of benzene rings is 1. The fourth-order valence-electron chi connectivity index (χ4n) is 5.28. The lowest BCUT2D eigenvalue weighted by molar-refractivity contribution is -0.118. The molecule has 2 aliphatic rings. The van der Waals surface area contributed by atoms with Crippen molar-refractivity contribution in [2.24, 2.45) is 0 Å². The molecule has 0 spiro atoms. The van der Waals surface area contributed by atoms with Crippen LogP contribution in [0.15, 0.2) is 29.1 Å². The average Bonchev–Trinajstić information content (AvgIpc) is 3.33. The Morgan fingerprint density at radius 1 is 1.11 bits per heavy atom. The molecule has 0 saturated carbocycles. The molecule has 9 heteroatoms. The summed E-state index contributed by atoms with van der Waals surface area (Å²) in [4.78, 5) is 41.8. The van der Waals surface area contributed by atoms with Gasteiger partial charge in [0.2, 0.25) is 6.41 Å². The number of ether oxygens (including phenoxy) is 2. The van der Waals surface area contributed by atoms with Crippen LogP contribution < -0.4 is 15.6 Å². The molecule has 1 N–H and O–H groups in total. The van der Waals surface area contributed by atoms with Crippen molar-refractivity contribution in [3.05, 3.63) is 56.9 Å². The van der Waals surface area contributed by atoms with Gasteiger partial charge in [-0.05, 0) is 48.2 Å². The number of aldehydes is 1. The van der Waals surface area contributed by atoms with Gasteiger partial charge in [-0.15, -0.1) is 0 Å². The highest BCUT2D eigenvalue weighted by Gasteiger charge is 2.29. The van der Waals surface area contributed by atoms with Crippen LogP contribution in [0.5, 0.6) is 5.75 Å². The molecule has 1 aromatic carbocycles. The summed E-state index contributed by atoms with van der Waals surface area (Å²) >= 11 is 0. The van der Waals surface area contributed by atoms with Crippen molar-refractivity contribution in [2.45, 2.75) is 45.8 Å². The monoisotopic (exact) mass is 520 g/mol. The highest BCUT2D eigenvalue weighted by atomic mass is 16.5. The molecule has 1 amide bonds. The number of carbonyl (C=O) groups excluding carboxylic acids is 2. The van der Waals surface area contributed by atoms with E-state index in [9.17, 15) is 14.4 Å². The number of amides is 1. The van der Waals surface area contributed by atoms with Crippen LogP contribution in [0.4, 0.5) is 0 Å². The molecule has 38 heavy (non-hydrogen) atoms. The quantitative estimate of drug-likeness (QED) is 0.357. The lowest BCUT2D eigenvalue weighted by Crippen LogP contribution is -2.42. The number of aryl methyl sites for hydroxylation is 1. The predicted octanol–water partition coefficient (Wildman–Crippen LogP) is 2.88. The molecule has 0 radical (unpaired) electrons. The number of rotatable bonds is 8. The van der Waals surface area contributed by atoms with Gasteiger partial charge in [0.1, 0.15) is 12.0 Å². The minimum absolute atomic E-state index is 0.105. The highest BCUT2D eigenvalue weighted by Crippen LogP contribution is 2.38. The maximum absolute atomic E-state index is 13.4. The fraction of sp³-hybridized carbons (Fsp3) is 0.448. The van der Waals surface area contributed by atoms with Gasteiger partial charge in [0.15, 0.2) is 0 Å². The summed E-state index contributed by atoms with van der Waals surface area (Å²) < 4.78 is 12.5. The summed E-state index contributed by atoms with van der Waals surface area (Å²) in [5, 5.41) is 4.20. The van der Waals surface area contributed by atoms with E-state index in [1.807, 2.05) is 31.2 Å². The first-order valence-corrected chi connectivity index (χ1v) is 13.1. The van der Waals surface area contributed by atoms with Crippen LogP contribution in [0, 0.1) is 0 Å². The Morgan fingerprint density at radius 2 is 1.87 bits per heavy atom. The second kappa shape index (κ2) is 12.3. The van der Waals surface area contributed by atoms with Crippen LogP contribution in [0.2, 0.25) is 0 Å². The van der Waals surface area contributed by atoms with Crippen molar-refractivity contribution >= 4 is 23.6 Å². The van der Waals surface area contributed by atoms with Crippen LogP contribution in [-0.4, -0.2) is 67.5 Å². The number of methoxy groups -OCH3 is 2. The van der Waals surface area contributed by atoms with Crippen molar-refractivity contribution in [3.63, 3.8) is 0 Å². The molecule has 3 aromatic rings. The normalized spacial score (nSPS) is 14.8. The number of hydrogen-bond donors (Lipinski definition) is 1. The smallest absolute Gasteiger partial charge is 0.257 e. The lowest BCUT2D eigenvalue weighted by atomic mass is 9.93. The number of aromatic nitrogens is 2. The SMILES string of the molecule is CCc1c2c(nc3ccc(OC)cc13)-c1cc(C(C=O)CC)c(COC)c(=O)n1C2.O=CN1CCNCC1. The highest BCUT2D eigenvalue weighted by molar-refractivity contribution is 5.89. The van der Waals surface area contributed by atoms with Crippen LogP contribution in [0.3, 0.4) is 0 Å². The van der Waals surface area contributed by atoms with Crippen molar-refractivity contribution < 1.29 is 19.1 Å². The molecule has 202 valence electrons. The summed E-state index contributed by atoms with van der Waals surface area (Å²) in [5.74, 6) is 0.446. The first-order chi connectivity index (χ1) is 18.5. The van der Waals surface area contributed by atoms with E-state index in [1.165, 1.54) is 5.56 Å².